The van der Waals surface area contributed by atoms with E-state index in [2.05, 4.69) is 123 Å². The fourth-order valence-electron chi connectivity index (χ4n) is 7.64. The van der Waals surface area contributed by atoms with Crippen molar-refractivity contribution in [2.24, 2.45) is 0 Å². The summed E-state index contributed by atoms with van der Waals surface area (Å²) in [6.45, 7) is 5.49. The number of benzene rings is 4. The van der Waals surface area contributed by atoms with Crippen LogP contribution in [0.3, 0.4) is 0 Å². The number of imidazole rings is 1. The summed E-state index contributed by atoms with van der Waals surface area (Å²) in [7, 11) is 1.31. The number of piperazine rings is 2. The van der Waals surface area contributed by atoms with E-state index in [1.165, 1.54) is 29.4 Å². The molecular formula is C43H46N6O4. The monoisotopic (exact) mass is 710 g/mol. The molecule has 0 radical (unpaired) electrons. The van der Waals surface area contributed by atoms with E-state index in [-0.39, 0.29) is 30.3 Å². The Bertz CT molecular complexity index is 1940. The number of H-pyrrole nitrogens is 1. The third kappa shape index (κ3) is 8.56. The molecule has 272 valence electrons. The maximum atomic E-state index is 13.0. The van der Waals surface area contributed by atoms with Crippen LogP contribution in [0.4, 0.5) is 0 Å². The zero-order valence-corrected chi connectivity index (χ0v) is 30.1. The zero-order valence-electron chi connectivity index (χ0n) is 30.1. The molecule has 0 saturated carbocycles. The van der Waals surface area contributed by atoms with E-state index in [0.717, 1.165) is 29.9 Å². The van der Waals surface area contributed by atoms with Gasteiger partial charge in [-0.15, -0.1) is 0 Å². The quantitative estimate of drug-likeness (QED) is 0.146. The first-order valence-electron chi connectivity index (χ1n) is 18.3. The Balaban J connectivity index is 1.05. The first kappa shape index (κ1) is 35.8. The molecule has 5 aromatic rings. The van der Waals surface area contributed by atoms with Gasteiger partial charge in [-0.2, -0.15) is 0 Å². The van der Waals surface area contributed by atoms with E-state index >= 15 is 0 Å². The Hall–Kier alpha value is -5.58. The summed E-state index contributed by atoms with van der Waals surface area (Å²) in [4.78, 5) is 53.0. The minimum absolute atomic E-state index is 0.0401. The second-order valence-corrected chi connectivity index (χ2v) is 13.7. The largest absolute Gasteiger partial charge is 0.469 e. The van der Waals surface area contributed by atoms with Crippen LogP contribution in [0.2, 0.25) is 0 Å². The van der Waals surface area contributed by atoms with E-state index in [9.17, 15) is 14.4 Å². The molecule has 1 aromatic heterocycles. The van der Waals surface area contributed by atoms with Crippen molar-refractivity contribution in [3.05, 3.63) is 150 Å². The highest BCUT2D eigenvalue weighted by atomic mass is 16.5. The normalized spacial score (nSPS) is 16.5. The number of nitrogens with zero attached hydrogens (tertiary/aromatic N) is 5. The van der Waals surface area contributed by atoms with E-state index in [1.54, 1.807) is 17.4 Å². The van der Waals surface area contributed by atoms with E-state index in [4.69, 9.17) is 4.74 Å². The van der Waals surface area contributed by atoms with Crippen LogP contribution in [-0.4, -0.2) is 107 Å². The molecule has 2 aliphatic rings. The molecule has 0 bridgehead atoms. The lowest BCUT2D eigenvalue weighted by Crippen LogP contribution is -2.50. The lowest BCUT2D eigenvalue weighted by atomic mass is 9.92. The third-order valence-corrected chi connectivity index (χ3v) is 10.5. The van der Waals surface area contributed by atoms with E-state index in [0.29, 0.717) is 45.7 Å². The number of ether oxygens (including phenoxy) is 1. The fraction of sp³-hybridized carbons (Fsp3) is 0.302. The molecule has 4 aromatic carbocycles. The van der Waals surface area contributed by atoms with Gasteiger partial charge in [-0.1, -0.05) is 109 Å². The van der Waals surface area contributed by atoms with Gasteiger partial charge >= 0.3 is 5.97 Å². The topological polar surface area (TPSA) is 102 Å². The van der Waals surface area contributed by atoms with Gasteiger partial charge in [0, 0.05) is 64.2 Å². The fourth-order valence-corrected chi connectivity index (χ4v) is 7.64. The van der Waals surface area contributed by atoms with Crippen molar-refractivity contribution in [3.63, 3.8) is 0 Å². The molecule has 3 heterocycles. The highest BCUT2D eigenvalue weighted by molar-refractivity contribution is 5.94. The van der Waals surface area contributed by atoms with Crippen molar-refractivity contribution in [2.45, 2.75) is 24.9 Å². The average Bonchev–Trinajstić information content (AvgIpc) is 3.73. The molecule has 0 spiro atoms. The highest BCUT2D eigenvalue weighted by Gasteiger charge is 2.30. The van der Waals surface area contributed by atoms with Crippen LogP contribution in [-0.2, 0) is 25.5 Å². The van der Waals surface area contributed by atoms with Gasteiger partial charge in [-0.3, -0.25) is 24.2 Å². The smallest absolute Gasteiger partial charge is 0.315 e. The van der Waals surface area contributed by atoms with Crippen LogP contribution in [0.15, 0.2) is 122 Å². The second kappa shape index (κ2) is 16.8. The van der Waals surface area contributed by atoms with Crippen LogP contribution in [0.5, 0.6) is 0 Å². The number of aromatic nitrogens is 2. The zero-order chi connectivity index (χ0) is 36.6. The maximum absolute atomic E-state index is 13.0. The van der Waals surface area contributed by atoms with Crippen LogP contribution in [0, 0.1) is 0 Å². The number of carbonyl (C=O) groups is 3. The summed E-state index contributed by atoms with van der Waals surface area (Å²) < 4.78 is 4.70. The maximum Gasteiger partial charge on any atom is 0.315 e. The molecule has 2 amide bonds. The van der Waals surface area contributed by atoms with Crippen molar-refractivity contribution in [3.8, 4) is 11.1 Å². The molecule has 7 rings (SSSR count). The predicted octanol–water partition coefficient (Wildman–Crippen LogP) is 5.35. The van der Waals surface area contributed by atoms with Crippen LogP contribution >= 0.6 is 0 Å². The van der Waals surface area contributed by atoms with Crippen molar-refractivity contribution in [2.75, 3.05) is 59.5 Å². The number of hydrogen-bond donors (Lipinski definition) is 1. The summed E-state index contributed by atoms with van der Waals surface area (Å²) >= 11 is 0. The van der Waals surface area contributed by atoms with E-state index < -0.39 is 5.97 Å². The lowest BCUT2D eigenvalue weighted by molar-refractivity contribution is -0.147. The SMILES string of the molecule is COC(=O)CC(=O)N1CCN(C(c2ccccc2)c2ccc(-c3ccc(C(c4ccccc4)N4CCN(C(=O)Cc5cnc[nH]5)CC4)cc3)cc2)CC1. The molecule has 53 heavy (non-hydrogen) atoms. The molecule has 0 aliphatic carbocycles. The standard InChI is InChI=1S/C43H46N6O4/c1-53-41(52)29-40(51)47-22-26-49(27-23-47)43(35-10-6-3-7-11-35)37-18-14-33(15-19-37)32-12-16-36(17-13-32)42(34-8-4-2-5-9-34)48-24-20-46(21-25-48)39(50)28-38-30-44-31-45-38/h2-19,30-31,42-43H,20-29H2,1H3,(H,44,45). The van der Waals surface area contributed by atoms with Crippen LogP contribution in [0.1, 0.15) is 46.5 Å². The minimum atomic E-state index is -0.504. The van der Waals surface area contributed by atoms with Gasteiger partial charge < -0.3 is 19.5 Å². The van der Waals surface area contributed by atoms with Gasteiger partial charge in [0.15, 0.2) is 0 Å². The van der Waals surface area contributed by atoms with Gasteiger partial charge in [-0.25, -0.2) is 4.98 Å². The molecule has 2 fully saturated rings. The number of methoxy groups -OCH3 is 1. The van der Waals surface area contributed by atoms with Crippen molar-refractivity contribution >= 4 is 17.8 Å². The molecule has 2 saturated heterocycles. The first-order valence-corrected chi connectivity index (χ1v) is 18.3. The number of hydrogen-bond acceptors (Lipinski definition) is 7. The van der Waals surface area contributed by atoms with Gasteiger partial charge in [0.25, 0.3) is 0 Å². The molecule has 2 atom stereocenters. The molecule has 1 N–H and O–H groups in total. The van der Waals surface area contributed by atoms with Gasteiger partial charge in [0.2, 0.25) is 11.8 Å². The Morgan fingerprint density at radius 1 is 0.604 bits per heavy atom. The summed E-state index contributed by atoms with van der Waals surface area (Å²) in [5.41, 5.74) is 7.99. The van der Waals surface area contributed by atoms with Gasteiger partial charge in [-0.05, 0) is 33.4 Å². The first-order chi connectivity index (χ1) is 26.0. The second-order valence-electron chi connectivity index (χ2n) is 13.7. The van der Waals surface area contributed by atoms with Crippen LogP contribution in [0.25, 0.3) is 11.1 Å². The molecule has 10 heteroatoms. The van der Waals surface area contributed by atoms with Crippen molar-refractivity contribution in [1.29, 1.82) is 0 Å². The number of aromatic amines is 1. The highest BCUT2D eigenvalue weighted by Crippen LogP contribution is 2.34. The number of rotatable bonds is 11. The Kier molecular flexibility index (Phi) is 11.4. The number of nitrogens with one attached hydrogen (secondary N) is 1. The van der Waals surface area contributed by atoms with Gasteiger partial charge in [0.05, 0.1) is 31.9 Å². The molecule has 2 unspecified atom stereocenters. The summed E-state index contributed by atoms with van der Waals surface area (Å²) in [5.74, 6) is -0.562. The van der Waals surface area contributed by atoms with Crippen molar-refractivity contribution < 1.29 is 19.1 Å². The summed E-state index contributed by atoms with van der Waals surface area (Å²) in [6.07, 6.45) is 3.45. The number of carbonyl (C=O) groups excluding carboxylic acids is 3. The molecular weight excluding hydrogens is 665 g/mol. The third-order valence-electron chi connectivity index (χ3n) is 10.5. The van der Waals surface area contributed by atoms with Crippen molar-refractivity contribution in [1.82, 2.24) is 29.6 Å². The van der Waals surface area contributed by atoms with Gasteiger partial charge in [0.1, 0.15) is 6.42 Å². The Morgan fingerprint density at radius 2 is 1.04 bits per heavy atom. The summed E-state index contributed by atoms with van der Waals surface area (Å²) in [6, 6.07) is 39.0. The van der Waals surface area contributed by atoms with Crippen LogP contribution < -0.4 is 0 Å². The summed E-state index contributed by atoms with van der Waals surface area (Å²) in [5, 5.41) is 0. The molecule has 2 aliphatic heterocycles. The number of amides is 2. The Labute approximate surface area is 311 Å². The minimum Gasteiger partial charge on any atom is -0.469 e. The predicted molar refractivity (Wildman–Crippen MR) is 204 cm³/mol. The molecule has 10 nitrogen and oxygen atoms in total. The number of esters is 1. The Morgan fingerprint density at radius 3 is 1.45 bits per heavy atom. The average molecular weight is 711 g/mol. The lowest BCUT2D eigenvalue weighted by Gasteiger charge is -2.40. The van der Waals surface area contributed by atoms with E-state index in [1.807, 2.05) is 11.0 Å².